The number of halogens is 1. The van der Waals surface area contributed by atoms with Gasteiger partial charge in [-0.15, -0.1) is 0 Å². The van der Waals surface area contributed by atoms with E-state index < -0.39 is 0 Å². The van der Waals surface area contributed by atoms with Crippen molar-refractivity contribution in [1.29, 1.82) is 0 Å². The molecule has 2 aromatic rings. The molecule has 0 aliphatic heterocycles. The predicted molar refractivity (Wildman–Crippen MR) is 77.4 cm³/mol. The van der Waals surface area contributed by atoms with E-state index in [1.807, 2.05) is 32.0 Å². The van der Waals surface area contributed by atoms with Crippen LogP contribution in [0.4, 0.5) is 4.39 Å². The molecule has 1 atom stereocenters. The maximum atomic E-state index is 14.0. The Hall–Kier alpha value is -1.94. The van der Waals surface area contributed by atoms with Gasteiger partial charge >= 0.3 is 0 Å². The number of rotatable bonds is 5. The second-order valence-corrected chi connectivity index (χ2v) is 4.62. The summed E-state index contributed by atoms with van der Waals surface area (Å²) in [5.41, 5.74) is 2.64. The molecule has 4 heteroatoms. The largest absolute Gasteiger partial charge is 0.496 e. The summed E-state index contributed by atoms with van der Waals surface area (Å²) in [6, 6.07) is 7.41. The van der Waals surface area contributed by atoms with E-state index in [9.17, 15) is 4.39 Å². The van der Waals surface area contributed by atoms with E-state index in [0.29, 0.717) is 5.56 Å². The summed E-state index contributed by atoms with van der Waals surface area (Å²) in [5, 5.41) is 3.31. The van der Waals surface area contributed by atoms with Gasteiger partial charge in [0.05, 0.1) is 19.3 Å². The van der Waals surface area contributed by atoms with Crippen molar-refractivity contribution in [3.8, 4) is 5.75 Å². The van der Waals surface area contributed by atoms with E-state index >= 15 is 0 Å². The van der Waals surface area contributed by atoms with Crippen LogP contribution in [-0.2, 0) is 0 Å². The summed E-state index contributed by atoms with van der Waals surface area (Å²) in [6.45, 7) is 4.73. The summed E-state index contributed by atoms with van der Waals surface area (Å²) < 4.78 is 19.2. The third kappa shape index (κ3) is 2.96. The Bertz CT molecular complexity index is 586. The zero-order valence-electron chi connectivity index (χ0n) is 12.0. The number of pyridine rings is 1. The number of nitrogens with one attached hydrogen (secondary N) is 1. The van der Waals surface area contributed by atoms with Gasteiger partial charge in [0, 0.05) is 11.8 Å². The van der Waals surface area contributed by atoms with E-state index in [1.165, 1.54) is 6.20 Å². The van der Waals surface area contributed by atoms with Crippen LogP contribution in [0.2, 0.25) is 0 Å². The molecule has 1 aromatic heterocycles. The Kier molecular flexibility index (Phi) is 4.69. The molecule has 0 aliphatic rings. The first-order chi connectivity index (χ1) is 9.67. The first kappa shape index (κ1) is 14.5. The van der Waals surface area contributed by atoms with E-state index in [1.54, 1.807) is 19.4 Å². The van der Waals surface area contributed by atoms with Gasteiger partial charge in [0.1, 0.15) is 11.6 Å². The average molecular weight is 274 g/mol. The standard InChI is InChI=1S/C16H19FN2O/c1-4-19-16(13-7-8-18-10-14(13)17)12-5-6-15(20-3)11(2)9-12/h5-10,16,19H,4H2,1-3H3. The third-order valence-electron chi connectivity index (χ3n) is 3.28. The van der Waals surface area contributed by atoms with Gasteiger partial charge in [-0.1, -0.05) is 19.1 Å². The SMILES string of the molecule is CCNC(c1ccc(OC)c(C)c1)c1ccncc1F. The lowest BCUT2D eigenvalue weighted by Gasteiger charge is -2.20. The van der Waals surface area contributed by atoms with Crippen LogP contribution in [0.3, 0.4) is 0 Å². The van der Waals surface area contributed by atoms with E-state index in [4.69, 9.17) is 4.74 Å². The number of hydrogen-bond acceptors (Lipinski definition) is 3. The molecule has 0 spiro atoms. The molecule has 0 bridgehead atoms. The molecule has 3 nitrogen and oxygen atoms in total. The molecule has 0 aliphatic carbocycles. The zero-order valence-corrected chi connectivity index (χ0v) is 12.0. The summed E-state index contributed by atoms with van der Waals surface area (Å²) in [7, 11) is 1.65. The highest BCUT2D eigenvalue weighted by molar-refractivity contribution is 5.40. The number of hydrogen-bond donors (Lipinski definition) is 1. The lowest BCUT2D eigenvalue weighted by molar-refractivity contribution is 0.411. The summed E-state index contributed by atoms with van der Waals surface area (Å²) >= 11 is 0. The molecule has 2 rings (SSSR count). The van der Waals surface area contributed by atoms with Crippen LogP contribution in [0.1, 0.15) is 29.7 Å². The fraction of sp³-hybridized carbons (Fsp3) is 0.312. The van der Waals surface area contributed by atoms with Gasteiger partial charge in [-0.25, -0.2) is 4.39 Å². The Labute approximate surface area is 118 Å². The van der Waals surface area contributed by atoms with Crippen LogP contribution in [-0.4, -0.2) is 18.6 Å². The molecule has 1 unspecified atom stereocenters. The highest BCUT2D eigenvalue weighted by Gasteiger charge is 2.17. The van der Waals surface area contributed by atoms with Crippen LogP contribution < -0.4 is 10.1 Å². The van der Waals surface area contributed by atoms with Crippen LogP contribution in [0.15, 0.2) is 36.7 Å². The predicted octanol–water partition coefficient (Wildman–Crippen LogP) is 3.24. The summed E-state index contributed by atoms with van der Waals surface area (Å²) in [6.07, 6.45) is 2.86. The van der Waals surface area contributed by atoms with Gasteiger partial charge in [0.25, 0.3) is 0 Å². The van der Waals surface area contributed by atoms with Crippen molar-refractivity contribution in [2.45, 2.75) is 19.9 Å². The maximum absolute atomic E-state index is 14.0. The van der Waals surface area contributed by atoms with Crippen LogP contribution >= 0.6 is 0 Å². The van der Waals surface area contributed by atoms with E-state index in [2.05, 4.69) is 10.3 Å². The molecule has 0 amide bonds. The smallest absolute Gasteiger partial charge is 0.146 e. The molecular weight excluding hydrogens is 255 g/mol. The third-order valence-corrected chi connectivity index (χ3v) is 3.28. The van der Waals surface area contributed by atoms with Crippen molar-refractivity contribution in [2.75, 3.05) is 13.7 Å². The first-order valence-corrected chi connectivity index (χ1v) is 6.64. The normalized spacial score (nSPS) is 12.2. The molecule has 1 aromatic carbocycles. The zero-order chi connectivity index (χ0) is 14.5. The first-order valence-electron chi connectivity index (χ1n) is 6.64. The Morgan fingerprint density at radius 2 is 2.15 bits per heavy atom. The lowest BCUT2D eigenvalue weighted by Crippen LogP contribution is -2.23. The van der Waals surface area contributed by atoms with Crippen molar-refractivity contribution in [3.63, 3.8) is 0 Å². The van der Waals surface area contributed by atoms with Crippen molar-refractivity contribution in [2.24, 2.45) is 0 Å². The highest BCUT2D eigenvalue weighted by atomic mass is 19.1. The van der Waals surface area contributed by atoms with E-state index in [0.717, 1.165) is 23.4 Å². The molecular formula is C16H19FN2O. The minimum atomic E-state index is -0.299. The van der Waals surface area contributed by atoms with E-state index in [-0.39, 0.29) is 11.9 Å². The van der Waals surface area contributed by atoms with Crippen molar-refractivity contribution >= 4 is 0 Å². The monoisotopic (exact) mass is 274 g/mol. The summed E-state index contributed by atoms with van der Waals surface area (Å²) in [5.74, 6) is 0.533. The quantitative estimate of drug-likeness (QED) is 0.909. The minimum Gasteiger partial charge on any atom is -0.496 e. The van der Waals surface area contributed by atoms with Gasteiger partial charge < -0.3 is 10.1 Å². The molecule has 0 saturated heterocycles. The van der Waals surface area contributed by atoms with Gasteiger partial charge in [-0.3, -0.25) is 4.98 Å². The molecule has 1 heterocycles. The molecule has 0 saturated carbocycles. The maximum Gasteiger partial charge on any atom is 0.146 e. The number of nitrogens with zero attached hydrogens (tertiary/aromatic N) is 1. The van der Waals surface area contributed by atoms with Gasteiger partial charge in [-0.05, 0) is 36.7 Å². The van der Waals surface area contributed by atoms with Gasteiger partial charge in [0.2, 0.25) is 0 Å². The van der Waals surface area contributed by atoms with Crippen LogP contribution in [0.5, 0.6) is 5.75 Å². The van der Waals surface area contributed by atoms with Crippen molar-refractivity contribution in [3.05, 3.63) is 59.2 Å². The number of ether oxygens (including phenoxy) is 1. The van der Waals surface area contributed by atoms with Crippen LogP contribution in [0, 0.1) is 12.7 Å². The fourth-order valence-electron chi connectivity index (χ4n) is 2.31. The number of aryl methyl sites for hydroxylation is 1. The molecule has 1 N–H and O–H groups in total. The van der Waals surface area contributed by atoms with Gasteiger partial charge in [0.15, 0.2) is 0 Å². The van der Waals surface area contributed by atoms with Gasteiger partial charge in [-0.2, -0.15) is 0 Å². The number of methoxy groups -OCH3 is 1. The Balaban J connectivity index is 2.43. The second-order valence-electron chi connectivity index (χ2n) is 4.62. The topological polar surface area (TPSA) is 34.1 Å². The minimum absolute atomic E-state index is 0.187. The number of benzene rings is 1. The molecule has 20 heavy (non-hydrogen) atoms. The van der Waals surface area contributed by atoms with Crippen molar-refractivity contribution in [1.82, 2.24) is 10.3 Å². The van der Waals surface area contributed by atoms with Crippen LogP contribution in [0.25, 0.3) is 0 Å². The Morgan fingerprint density at radius 1 is 1.35 bits per heavy atom. The molecule has 0 radical (unpaired) electrons. The summed E-state index contributed by atoms with van der Waals surface area (Å²) in [4.78, 5) is 3.80. The molecule has 0 fully saturated rings. The average Bonchev–Trinajstić information content (AvgIpc) is 2.46. The number of aromatic nitrogens is 1. The molecule has 106 valence electrons. The second kappa shape index (κ2) is 6.48. The Morgan fingerprint density at radius 3 is 2.75 bits per heavy atom. The fourth-order valence-corrected chi connectivity index (χ4v) is 2.31. The van der Waals surface area contributed by atoms with Crippen molar-refractivity contribution < 1.29 is 9.13 Å². The lowest BCUT2D eigenvalue weighted by atomic mass is 9.97. The highest BCUT2D eigenvalue weighted by Crippen LogP contribution is 2.27.